The SMILES string of the molecule is Cc1ccc(C(=O)Nc2cccc(C(F)(F)F)c2)cc1-c1cnc2nc(N)nc(N)c2c1. The quantitative estimate of drug-likeness (QED) is 0.435. The molecule has 0 atom stereocenters. The second kappa shape index (κ2) is 7.80. The Morgan fingerprint density at radius 2 is 1.81 bits per heavy atom. The number of nitrogens with two attached hydrogens (primary N) is 2. The van der Waals surface area contributed by atoms with Crippen LogP contribution in [0.15, 0.2) is 54.7 Å². The van der Waals surface area contributed by atoms with Crippen LogP contribution in [0.2, 0.25) is 0 Å². The summed E-state index contributed by atoms with van der Waals surface area (Å²) in [5.41, 5.74) is 13.6. The molecule has 2 heterocycles. The second-order valence-corrected chi connectivity index (χ2v) is 7.12. The molecule has 0 aliphatic heterocycles. The second-order valence-electron chi connectivity index (χ2n) is 7.12. The number of rotatable bonds is 3. The predicted octanol–water partition coefficient (Wildman–Crippen LogP) is 4.44. The van der Waals surface area contributed by atoms with Crippen molar-refractivity contribution in [3.05, 3.63) is 71.4 Å². The maximum absolute atomic E-state index is 12.9. The van der Waals surface area contributed by atoms with Gasteiger partial charge in [0.2, 0.25) is 5.95 Å². The number of hydrogen-bond donors (Lipinski definition) is 3. The van der Waals surface area contributed by atoms with E-state index in [0.717, 1.165) is 17.7 Å². The minimum absolute atomic E-state index is 0.0136. The van der Waals surface area contributed by atoms with Crippen molar-refractivity contribution in [2.24, 2.45) is 0 Å². The number of halogens is 3. The Bertz CT molecular complexity index is 1350. The number of nitrogens with zero attached hydrogens (tertiary/aromatic N) is 3. The van der Waals surface area contributed by atoms with Crippen molar-refractivity contribution in [2.45, 2.75) is 13.1 Å². The molecule has 0 aliphatic carbocycles. The molecule has 0 bridgehead atoms. The predicted molar refractivity (Wildman–Crippen MR) is 116 cm³/mol. The fourth-order valence-electron chi connectivity index (χ4n) is 3.25. The van der Waals surface area contributed by atoms with Gasteiger partial charge >= 0.3 is 6.18 Å². The van der Waals surface area contributed by atoms with Crippen molar-refractivity contribution in [2.75, 3.05) is 16.8 Å². The molecule has 0 radical (unpaired) electrons. The number of pyridine rings is 1. The Hall–Kier alpha value is -4.21. The van der Waals surface area contributed by atoms with Crippen LogP contribution in [0.25, 0.3) is 22.2 Å². The van der Waals surface area contributed by atoms with E-state index in [-0.39, 0.29) is 23.0 Å². The molecule has 2 aromatic carbocycles. The summed E-state index contributed by atoms with van der Waals surface area (Å²) < 4.78 is 38.8. The maximum Gasteiger partial charge on any atom is 0.416 e. The number of fused-ring (bicyclic) bond motifs is 1. The van der Waals surface area contributed by atoms with Crippen molar-refractivity contribution < 1.29 is 18.0 Å². The molecule has 0 spiro atoms. The highest BCUT2D eigenvalue weighted by atomic mass is 19.4. The Morgan fingerprint density at radius 3 is 2.56 bits per heavy atom. The standard InChI is InChI=1S/C22H17F3N6O/c1-11-5-6-12(20(32)29-15-4-2-3-14(9-15)22(23,24)25)7-16(11)13-8-17-18(26)30-21(27)31-19(17)28-10-13/h2-10H,1H3,(H,29,32)(H4,26,27,28,30,31). The average Bonchev–Trinajstić information content (AvgIpc) is 2.73. The number of alkyl halides is 3. The fraction of sp³-hybridized carbons (Fsp3) is 0.0909. The van der Waals surface area contributed by atoms with E-state index in [4.69, 9.17) is 11.5 Å². The highest BCUT2D eigenvalue weighted by Gasteiger charge is 2.30. The number of hydrogen-bond acceptors (Lipinski definition) is 6. The van der Waals surface area contributed by atoms with Gasteiger partial charge in [0.25, 0.3) is 5.91 Å². The fourth-order valence-corrected chi connectivity index (χ4v) is 3.25. The lowest BCUT2D eigenvalue weighted by Gasteiger charge is -2.12. The van der Waals surface area contributed by atoms with Crippen LogP contribution in [-0.4, -0.2) is 20.9 Å². The van der Waals surface area contributed by atoms with Crippen molar-refractivity contribution in [3.8, 4) is 11.1 Å². The molecule has 0 unspecified atom stereocenters. The molecule has 4 aromatic rings. The van der Waals surface area contributed by atoms with Crippen LogP contribution in [0.5, 0.6) is 0 Å². The lowest BCUT2D eigenvalue weighted by atomic mass is 9.98. The number of anilines is 3. The summed E-state index contributed by atoms with van der Waals surface area (Å²) in [7, 11) is 0. The van der Waals surface area contributed by atoms with E-state index >= 15 is 0 Å². The Kier molecular flexibility index (Phi) is 5.13. The molecule has 0 saturated carbocycles. The zero-order valence-electron chi connectivity index (χ0n) is 16.7. The van der Waals surface area contributed by atoms with Gasteiger partial charge in [0, 0.05) is 23.0 Å². The summed E-state index contributed by atoms with van der Waals surface area (Å²) in [5, 5.41) is 3.01. The molecule has 4 rings (SSSR count). The normalized spacial score (nSPS) is 11.5. The zero-order chi connectivity index (χ0) is 23.0. The molecule has 0 fully saturated rings. The van der Waals surface area contributed by atoms with Crippen LogP contribution in [0.4, 0.5) is 30.6 Å². The monoisotopic (exact) mass is 438 g/mol. The van der Waals surface area contributed by atoms with Gasteiger partial charge in [-0.25, -0.2) is 4.98 Å². The molecule has 2 aromatic heterocycles. The molecule has 7 nitrogen and oxygen atoms in total. The van der Waals surface area contributed by atoms with E-state index in [0.29, 0.717) is 22.2 Å². The number of nitrogens with one attached hydrogen (secondary N) is 1. The van der Waals surface area contributed by atoms with Crippen molar-refractivity contribution in [1.82, 2.24) is 15.0 Å². The molecule has 32 heavy (non-hydrogen) atoms. The Morgan fingerprint density at radius 1 is 1.03 bits per heavy atom. The van der Waals surface area contributed by atoms with Crippen molar-refractivity contribution in [3.63, 3.8) is 0 Å². The Balaban J connectivity index is 1.67. The van der Waals surface area contributed by atoms with Gasteiger partial charge in [-0.1, -0.05) is 12.1 Å². The van der Waals surface area contributed by atoms with E-state index < -0.39 is 17.6 Å². The molecular weight excluding hydrogens is 421 g/mol. The lowest BCUT2D eigenvalue weighted by molar-refractivity contribution is -0.137. The summed E-state index contributed by atoms with van der Waals surface area (Å²) >= 11 is 0. The highest BCUT2D eigenvalue weighted by molar-refractivity contribution is 6.05. The third-order valence-corrected chi connectivity index (χ3v) is 4.86. The minimum atomic E-state index is -4.50. The molecule has 10 heteroatoms. The maximum atomic E-state index is 12.9. The summed E-state index contributed by atoms with van der Waals surface area (Å²) in [6.45, 7) is 1.86. The lowest BCUT2D eigenvalue weighted by Crippen LogP contribution is -2.13. The number of benzene rings is 2. The first-order valence-corrected chi connectivity index (χ1v) is 9.40. The largest absolute Gasteiger partial charge is 0.416 e. The summed E-state index contributed by atoms with van der Waals surface area (Å²) in [6.07, 6.45) is -2.93. The topological polar surface area (TPSA) is 120 Å². The number of aromatic nitrogens is 3. The van der Waals surface area contributed by atoms with Gasteiger partial charge in [-0.15, -0.1) is 0 Å². The van der Waals surface area contributed by atoms with E-state index in [2.05, 4.69) is 20.3 Å². The van der Waals surface area contributed by atoms with Crippen LogP contribution < -0.4 is 16.8 Å². The van der Waals surface area contributed by atoms with Gasteiger partial charge in [-0.2, -0.15) is 23.1 Å². The van der Waals surface area contributed by atoms with Crippen molar-refractivity contribution in [1.29, 1.82) is 0 Å². The van der Waals surface area contributed by atoms with Gasteiger partial charge in [0.15, 0.2) is 5.65 Å². The molecule has 0 saturated heterocycles. The molecule has 162 valence electrons. The van der Waals surface area contributed by atoms with E-state index in [1.54, 1.807) is 30.5 Å². The van der Waals surface area contributed by atoms with E-state index in [9.17, 15) is 18.0 Å². The third kappa shape index (κ3) is 4.15. The third-order valence-electron chi connectivity index (χ3n) is 4.86. The first-order chi connectivity index (χ1) is 15.1. The summed E-state index contributed by atoms with van der Waals surface area (Å²) in [4.78, 5) is 25.0. The number of aryl methyl sites for hydroxylation is 1. The molecule has 5 N–H and O–H groups in total. The van der Waals surface area contributed by atoms with Crippen molar-refractivity contribution >= 4 is 34.4 Å². The minimum Gasteiger partial charge on any atom is -0.383 e. The van der Waals surface area contributed by atoms with E-state index in [1.165, 1.54) is 12.1 Å². The number of nitrogen functional groups attached to an aromatic ring is 2. The van der Waals surface area contributed by atoms with Crippen LogP contribution >= 0.6 is 0 Å². The van der Waals surface area contributed by atoms with Gasteiger partial charge in [-0.05, 0) is 54.4 Å². The van der Waals surface area contributed by atoms with Crippen LogP contribution in [0.1, 0.15) is 21.5 Å². The van der Waals surface area contributed by atoms with Gasteiger partial charge in [0.05, 0.1) is 10.9 Å². The smallest absolute Gasteiger partial charge is 0.383 e. The van der Waals surface area contributed by atoms with Gasteiger partial charge in [0.1, 0.15) is 5.82 Å². The number of carbonyl (C=O) groups is 1. The molecular formula is C22H17F3N6O. The molecule has 0 aliphatic rings. The average molecular weight is 438 g/mol. The van der Waals surface area contributed by atoms with Gasteiger partial charge < -0.3 is 16.8 Å². The highest BCUT2D eigenvalue weighted by Crippen LogP contribution is 2.31. The Labute approximate surface area is 180 Å². The zero-order valence-corrected chi connectivity index (χ0v) is 16.7. The summed E-state index contributed by atoms with van der Waals surface area (Å²) in [6, 6.07) is 11.2. The first kappa shape index (κ1) is 21.0. The van der Waals surface area contributed by atoms with Crippen LogP contribution in [-0.2, 0) is 6.18 Å². The summed E-state index contributed by atoms with van der Waals surface area (Å²) in [5.74, 6) is -0.354. The van der Waals surface area contributed by atoms with Crippen LogP contribution in [0, 0.1) is 6.92 Å². The van der Waals surface area contributed by atoms with E-state index in [1.807, 2.05) is 6.92 Å². The number of amides is 1. The van der Waals surface area contributed by atoms with Gasteiger partial charge in [-0.3, -0.25) is 4.79 Å². The first-order valence-electron chi connectivity index (χ1n) is 9.40. The molecule has 1 amide bonds. The number of carbonyl (C=O) groups excluding carboxylic acids is 1. The van der Waals surface area contributed by atoms with Crippen LogP contribution in [0.3, 0.4) is 0 Å².